The number of hydrogen-bond donors (Lipinski definition) is 1. The van der Waals surface area contributed by atoms with Crippen LogP contribution < -0.4 is 5.32 Å². The number of hydrogen-bond acceptors (Lipinski definition) is 2. The SMILES string of the molecule is CCCn1cc(-c2ccc(Cl)cc2CNC)c(C)n1. The smallest absolute Gasteiger partial charge is 0.0672 e. The number of aryl methyl sites for hydroxylation is 2. The third-order valence-electron chi connectivity index (χ3n) is 3.12. The molecule has 3 nitrogen and oxygen atoms in total. The van der Waals surface area contributed by atoms with Gasteiger partial charge in [-0.25, -0.2) is 0 Å². The van der Waals surface area contributed by atoms with Crippen molar-refractivity contribution in [3.8, 4) is 11.1 Å². The van der Waals surface area contributed by atoms with Crippen LogP contribution >= 0.6 is 11.6 Å². The number of nitrogens with zero attached hydrogens (tertiary/aromatic N) is 2. The van der Waals surface area contributed by atoms with Gasteiger partial charge in [0.05, 0.1) is 5.69 Å². The summed E-state index contributed by atoms with van der Waals surface area (Å²) >= 11 is 6.09. The van der Waals surface area contributed by atoms with E-state index in [-0.39, 0.29) is 0 Å². The Labute approximate surface area is 119 Å². The van der Waals surface area contributed by atoms with Gasteiger partial charge in [-0.3, -0.25) is 4.68 Å². The van der Waals surface area contributed by atoms with Gasteiger partial charge in [-0.05, 0) is 43.7 Å². The first-order valence-corrected chi connectivity index (χ1v) is 7.01. The second kappa shape index (κ2) is 6.22. The molecule has 1 aromatic heterocycles. The molecule has 0 atom stereocenters. The summed E-state index contributed by atoms with van der Waals surface area (Å²) in [6, 6.07) is 6.03. The fourth-order valence-corrected chi connectivity index (χ4v) is 2.48. The number of halogens is 1. The van der Waals surface area contributed by atoms with Gasteiger partial charge in [0.1, 0.15) is 0 Å². The highest BCUT2D eigenvalue weighted by Gasteiger charge is 2.11. The number of nitrogens with one attached hydrogen (secondary N) is 1. The van der Waals surface area contributed by atoms with E-state index < -0.39 is 0 Å². The van der Waals surface area contributed by atoms with E-state index in [4.69, 9.17) is 11.6 Å². The van der Waals surface area contributed by atoms with Crippen molar-refractivity contribution < 1.29 is 0 Å². The van der Waals surface area contributed by atoms with Crippen molar-refractivity contribution in [1.82, 2.24) is 15.1 Å². The predicted molar refractivity (Wildman–Crippen MR) is 80.5 cm³/mol. The first kappa shape index (κ1) is 14.1. The molecule has 0 saturated carbocycles. The highest BCUT2D eigenvalue weighted by atomic mass is 35.5. The van der Waals surface area contributed by atoms with Crippen molar-refractivity contribution in [1.29, 1.82) is 0 Å². The molecule has 0 bridgehead atoms. The Morgan fingerprint density at radius 2 is 2.11 bits per heavy atom. The molecular formula is C15H20ClN3. The van der Waals surface area contributed by atoms with Gasteiger partial charge in [0.15, 0.2) is 0 Å². The lowest BCUT2D eigenvalue weighted by Gasteiger charge is -2.09. The molecule has 0 aliphatic carbocycles. The topological polar surface area (TPSA) is 29.9 Å². The number of benzene rings is 1. The maximum atomic E-state index is 6.09. The highest BCUT2D eigenvalue weighted by Crippen LogP contribution is 2.28. The fourth-order valence-electron chi connectivity index (χ4n) is 2.29. The van der Waals surface area contributed by atoms with E-state index in [0.717, 1.165) is 30.2 Å². The fraction of sp³-hybridized carbons (Fsp3) is 0.400. The van der Waals surface area contributed by atoms with Gasteiger partial charge < -0.3 is 5.32 Å². The molecule has 102 valence electrons. The molecule has 0 aliphatic heterocycles. The van der Waals surface area contributed by atoms with Crippen LogP contribution in [0.5, 0.6) is 0 Å². The molecule has 0 aliphatic rings. The average Bonchev–Trinajstić information content (AvgIpc) is 2.71. The number of rotatable bonds is 5. The van der Waals surface area contributed by atoms with Crippen LogP contribution in [0.15, 0.2) is 24.4 Å². The molecule has 0 spiro atoms. The lowest BCUT2D eigenvalue weighted by Crippen LogP contribution is -2.06. The largest absolute Gasteiger partial charge is 0.316 e. The maximum absolute atomic E-state index is 6.09. The summed E-state index contributed by atoms with van der Waals surface area (Å²) in [5, 5.41) is 8.52. The normalized spacial score (nSPS) is 10.9. The first-order valence-electron chi connectivity index (χ1n) is 6.63. The summed E-state index contributed by atoms with van der Waals surface area (Å²) < 4.78 is 2.02. The molecule has 0 unspecified atom stereocenters. The summed E-state index contributed by atoms with van der Waals surface area (Å²) in [6.45, 7) is 5.97. The van der Waals surface area contributed by atoms with Gasteiger partial charge in [-0.15, -0.1) is 0 Å². The van der Waals surface area contributed by atoms with Gasteiger partial charge in [0.25, 0.3) is 0 Å². The zero-order chi connectivity index (χ0) is 13.8. The van der Waals surface area contributed by atoms with E-state index in [1.54, 1.807) is 0 Å². The summed E-state index contributed by atoms with van der Waals surface area (Å²) in [6.07, 6.45) is 3.21. The minimum Gasteiger partial charge on any atom is -0.316 e. The van der Waals surface area contributed by atoms with Crippen molar-refractivity contribution in [2.24, 2.45) is 0 Å². The molecule has 19 heavy (non-hydrogen) atoms. The minimum absolute atomic E-state index is 0.771. The molecule has 2 aromatic rings. The van der Waals surface area contributed by atoms with Crippen LogP contribution in [0.4, 0.5) is 0 Å². The third kappa shape index (κ3) is 3.17. The van der Waals surface area contributed by atoms with Gasteiger partial charge in [-0.1, -0.05) is 24.6 Å². The summed E-state index contributed by atoms with van der Waals surface area (Å²) in [7, 11) is 1.94. The molecule has 0 amide bonds. The lowest BCUT2D eigenvalue weighted by atomic mass is 10.0. The van der Waals surface area contributed by atoms with Gasteiger partial charge in [0, 0.05) is 29.9 Å². The molecule has 1 heterocycles. The van der Waals surface area contributed by atoms with Crippen LogP contribution in [0.25, 0.3) is 11.1 Å². The van der Waals surface area contributed by atoms with E-state index >= 15 is 0 Å². The third-order valence-corrected chi connectivity index (χ3v) is 3.36. The van der Waals surface area contributed by atoms with Crippen molar-refractivity contribution >= 4 is 11.6 Å². The second-order valence-corrected chi connectivity index (χ2v) is 5.16. The molecule has 0 radical (unpaired) electrons. The Balaban J connectivity index is 2.45. The molecular weight excluding hydrogens is 258 g/mol. The average molecular weight is 278 g/mol. The van der Waals surface area contributed by atoms with Crippen molar-refractivity contribution in [3.63, 3.8) is 0 Å². The van der Waals surface area contributed by atoms with Crippen molar-refractivity contribution in [2.75, 3.05) is 7.05 Å². The van der Waals surface area contributed by atoms with Gasteiger partial charge >= 0.3 is 0 Å². The van der Waals surface area contributed by atoms with Crippen LogP contribution in [-0.4, -0.2) is 16.8 Å². The lowest BCUT2D eigenvalue weighted by molar-refractivity contribution is 0.598. The monoisotopic (exact) mass is 277 g/mol. The Bertz CT molecular complexity index is 561. The van der Waals surface area contributed by atoms with Crippen LogP contribution in [0.3, 0.4) is 0 Å². The molecule has 2 rings (SSSR count). The van der Waals surface area contributed by atoms with Crippen LogP contribution in [0.2, 0.25) is 5.02 Å². The molecule has 0 fully saturated rings. The Hall–Kier alpha value is -1.32. The van der Waals surface area contributed by atoms with E-state index in [1.165, 1.54) is 16.7 Å². The zero-order valence-electron chi connectivity index (χ0n) is 11.7. The second-order valence-electron chi connectivity index (χ2n) is 4.72. The number of aromatic nitrogens is 2. The van der Waals surface area contributed by atoms with Crippen molar-refractivity contribution in [3.05, 3.63) is 40.7 Å². The van der Waals surface area contributed by atoms with Gasteiger partial charge in [0.2, 0.25) is 0 Å². The van der Waals surface area contributed by atoms with E-state index in [0.29, 0.717) is 0 Å². The summed E-state index contributed by atoms with van der Waals surface area (Å²) in [5.74, 6) is 0. The Morgan fingerprint density at radius 1 is 1.32 bits per heavy atom. The van der Waals surface area contributed by atoms with Crippen LogP contribution in [0.1, 0.15) is 24.6 Å². The first-order chi connectivity index (χ1) is 9.15. The summed E-state index contributed by atoms with van der Waals surface area (Å²) in [5.41, 5.74) is 4.66. The Morgan fingerprint density at radius 3 is 2.79 bits per heavy atom. The van der Waals surface area contributed by atoms with Gasteiger partial charge in [-0.2, -0.15) is 5.10 Å². The predicted octanol–water partition coefficient (Wildman–Crippen LogP) is 3.64. The maximum Gasteiger partial charge on any atom is 0.0672 e. The summed E-state index contributed by atoms with van der Waals surface area (Å²) in [4.78, 5) is 0. The zero-order valence-corrected chi connectivity index (χ0v) is 12.5. The van der Waals surface area contributed by atoms with Crippen LogP contribution in [-0.2, 0) is 13.1 Å². The highest BCUT2D eigenvalue weighted by molar-refractivity contribution is 6.30. The van der Waals surface area contributed by atoms with E-state index in [9.17, 15) is 0 Å². The standard InChI is InChI=1S/C15H20ClN3/c1-4-7-19-10-15(11(2)18-19)14-6-5-13(16)8-12(14)9-17-3/h5-6,8,10,17H,4,7,9H2,1-3H3. The quantitative estimate of drug-likeness (QED) is 0.904. The molecule has 0 saturated heterocycles. The molecule has 4 heteroatoms. The van der Waals surface area contributed by atoms with E-state index in [1.807, 2.05) is 23.9 Å². The molecule has 1 aromatic carbocycles. The van der Waals surface area contributed by atoms with E-state index in [2.05, 4.69) is 36.5 Å². The minimum atomic E-state index is 0.771. The Kier molecular flexibility index (Phi) is 4.61. The molecule has 1 N–H and O–H groups in total. The van der Waals surface area contributed by atoms with Crippen molar-refractivity contribution in [2.45, 2.75) is 33.4 Å². The van der Waals surface area contributed by atoms with Crippen LogP contribution in [0, 0.1) is 6.92 Å².